The Balaban J connectivity index is 4.78. The molecule has 0 saturated heterocycles. The minimum Gasteiger partial charge on any atom is -0.458 e. The fourth-order valence-corrected chi connectivity index (χ4v) is 4.88. The zero-order valence-electron chi connectivity index (χ0n) is 26.0. The highest BCUT2D eigenvalue weighted by atomic mass is 16.6. The first-order chi connectivity index (χ1) is 18.1. The molecule has 0 fully saturated rings. The van der Waals surface area contributed by atoms with Crippen LogP contribution < -0.4 is 5.32 Å². The number of carbonyl (C=O) groups excluding carboxylic acids is 2. The molecule has 0 heterocycles. The van der Waals surface area contributed by atoms with Crippen LogP contribution in [0.5, 0.6) is 0 Å². The van der Waals surface area contributed by atoms with Crippen molar-refractivity contribution in [2.24, 2.45) is 11.8 Å². The molecule has 0 saturated carbocycles. The average Bonchev–Trinajstić information content (AvgIpc) is 2.83. The number of amides is 1. The van der Waals surface area contributed by atoms with Gasteiger partial charge in [0.05, 0.1) is 0 Å². The summed E-state index contributed by atoms with van der Waals surface area (Å²) in [5.41, 5.74) is -0.562. The van der Waals surface area contributed by atoms with Crippen LogP contribution in [0.2, 0.25) is 0 Å². The molecule has 38 heavy (non-hydrogen) atoms. The van der Waals surface area contributed by atoms with Gasteiger partial charge in [-0.1, -0.05) is 103 Å². The molecule has 4 heteroatoms. The fraction of sp³-hybridized carbons (Fsp3) is 0.824. The van der Waals surface area contributed by atoms with Crippen molar-refractivity contribution in [2.75, 3.05) is 0 Å². The second-order valence-electron chi connectivity index (χ2n) is 12.6. The maximum absolute atomic E-state index is 13.4. The smallest absolute Gasteiger partial charge is 0.329 e. The van der Waals surface area contributed by atoms with E-state index in [9.17, 15) is 9.59 Å². The third kappa shape index (κ3) is 22.4. The van der Waals surface area contributed by atoms with Crippen molar-refractivity contribution in [1.82, 2.24) is 5.32 Å². The number of esters is 1. The molecular weight excluding hydrogens is 470 g/mol. The molecule has 0 aromatic carbocycles. The van der Waals surface area contributed by atoms with Crippen LogP contribution in [-0.4, -0.2) is 23.5 Å². The molecule has 1 amide bonds. The lowest BCUT2D eigenvalue weighted by atomic mass is 9.92. The molecule has 0 spiro atoms. The molecule has 0 aliphatic rings. The topological polar surface area (TPSA) is 55.4 Å². The lowest BCUT2D eigenvalue weighted by Gasteiger charge is -2.27. The quantitative estimate of drug-likeness (QED) is 0.0721. The van der Waals surface area contributed by atoms with Crippen LogP contribution in [0.15, 0.2) is 25.3 Å². The van der Waals surface area contributed by atoms with Crippen molar-refractivity contribution in [1.29, 1.82) is 0 Å². The van der Waals surface area contributed by atoms with E-state index in [1.807, 2.05) is 32.9 Å². The SMILES string of the molecule is C=CCCCCCCCCCC(CCCCCCCCCC=C)C(=O)N[C@@H](CC(C)C)C(=O)OC(C)(C)C. The molecule has 1 atom stereocenters. The first kappa shape index (κ1) is 36.4. The number of carbonyl (C=O) groups is 2. The molecular formula is C34H63NO3. The Bertz CT molecular complexity index is 594. The highest BCUT2D eigenvalue weighted by Gasteiger charge is 2.29. The maximum Gasteiger partial charge on any atom is 0.329 e. The van der Waals surface area contributed by atoms with Gasteiger partial charge in [-0.25, -0.2) is 4.79 Å². The Morgan fingerprint density at radius 1 is 0.711 bits per heavy atom. The molecule has 0 radical (unpaired) electrons. The van der Waals surface area contributed by atoms with E-state index >= 15 is 0 Å². The van der Waals surface area contributed by atoms with Gasteiger partial charge in [-0.05, 0) is 71.6 Å². The summed E-state index contributed by atoms with van der Waals surface area (Å²) in [4.78, 5) is 26.3. The normalized spacial score (nSPS) is 12.5. The highest BCUT2D eigenvalue weighted by Crippen LogP contribution is 2.21. The van der Waals surface area contributed by atoms with Gasteiger partial charge < -0.3 is 10.1 Å². The van der Waals surface area contributed by atoms with Gasteiger partial charge in [0.15, 0.2) is 0 Å². The van der Waals surface area contributed by atoms with Crippen molar-refractivity contribution in [3.63, 3.8) is 0 Å². The molecule has 0 aliphatic carbocycles. The molecule has 0 unspecified atom stereocenters. The third-order valence-corrected chi connectivity index (χ3v) is 7.01. The minimum atomic E-state index is -0.574. The van der Waals surface area contributed by atoms with Crippen LogP contribution in [0.4, 0.5) is 0 Å². The van der Waals surface area contributed by atoms with E-state index in [0.717, 1.165) is 38.5 Å². The van der Waals surface area contributed by atoms with Gasteiger partial charge in [0.25, 0.3) is 0 Å². The predicted octanol–water partition coefficient (Wildman–Crippen LogP) is 9.87. The Hall–Kier alpha value is -1.58. The van der Waals surface area contributed by atoms with Gasteiger partial charge in [-0.3, -0.25) is 4.79 Å². The molecule has 222 valence electrons. The zero-order valence-corrected chi connectivity index (χ0v) is 26.0. The predicted molar refractivity (Wildman–Crippen MR) is 164 cm³/mol. The maximum atomic E-state index is 13.4. The number of hydrogen-bond acceptors (Lipinski definition) is 3. The standard InChI is InChI=1S/C34H63NO3/c1-8-10-12-14-16-18-20-22-24-26-30(27-25-23-21-19-17-15-13-11-9-2)32(36)35-31(28-29(3)4)33(37)38-34(5,6)7/h8-9,29-31H,1-2,10-28H2,3-7H3,(H,35,36)/t31-/m0/s1. The van der Waals surface area contributed by atoms with Crippen LogP contribution >= 0.6 is 0 Å². The van der Waals surface area contributed by atoms with E-state index in [0.29, 0.717) is 12.3 Å². The van der Waals surface area contributed by atoms with E-state index in [-0.39, 0.29) is 17.8 Å². The molecule has 4 nitrogen and oxygen atoms in total. The van der Waals surface area contributed by atoms with Crippen LogP contribution in [-0.2, 0) is 14.3 Å². The fourth-order valence-electron chi connectivity index (χ4n) is 4.88. The van der Waals surface area contributed by atoms with E-state index in [1.54, 1.807) is 0 Å². The molecule has 0 aliphatic heterocycles. The number of hydrogen-bond donors (Lipinski definition) is 1. The largest absolute Gasteiger partial charge is 0.458 e. The van der Waals surface area contributed by atoms with E-state index < -0.39 is 11.6 Å². The van der Waals surface area contributed by atoms with Crippen LogP contribution in [0.3, 0.4) is 0 Å². The molecule has 0 aromatic rings. The summed E-state index contributed by atoms with van der Waals surface area (Å²) < 4.78 is 5.64. The summed E-state index contributed by atoms with van der Waals surface area (Å²) in [6.45, 7) is 17.4. The summed E-state index contributed by atoms with van der Waals surface area (Å²) in [7, 11) is 0. The summed E-state index contributed by atoms with van der Waals surface area (Å²) in [6, 6.07) is -0.574. The van der Waals surface area contributed by atoms with Crippen molar-refractivity contribution >= 4 is 11.9 Å². The van der Waals surface area contributed by atoms with Crippen molar-refractivity contribution in [3.05, 3.63) is 25.3 Å². The van der Waals surface area contributed by atoms with Gasteiger partial charge in [0.1, 0.15) is 11.6 Å². The van der Waals surface area contributed by atoms with Crippen LogP contribution in [0.1, 0.15) is 157 Å². The van der Waals surface area contributed by atoms with E-state index in [4.69, 9.17) is 4.74 Å². The van der Waals surface area contributed by atoms with E-state index in [1.165, 1.54) is 77.0 Å². The summed E-state index contributed by atoms with van der Waals surface area (Å²) in [6.07, 6.45) is 25.8. The van der Waals surface area contributed by atoms with Gasteiger partial charge >= 0.3 is 5.97 Å². The zero-order chi connectivity index (χ0) is 28.7. The molecule has 0 aromatic heterocycles. The highest BCUT2D eigenvalue weighted by molar-refractivity contribution is 5.85. The second kappa shape index (κ2) is 23.3. The van der Waals surface area contributed by atoms with Gasteiger partial charge in [0.2, 0.25) is 5.91 Å². The first-order valence-electron chi connectivity index (χ1n) is 15.9. The molecule has 0 bridgehead atoms. The van der Waals surface area contributed by atoms with Crippen LogP contribution in [0, 0.1) is 11.8 Å². The lowest BCUT2D eigenvalue weighted by Crippen LogP contribution is -2.47. The number of allylic oxidation sites excluding steroid dienone is 2. The lowest BCUT2D eigenvalue weighted by molar-refractivity contribution is -0.159. The van der Waals surface area contributed by atoms with Crippen LogP contribution in [0.25, 0.3) is 0 Å². The Kier molecular flexibility index (Phi) is 22.4. The minimum absolute atomic E-state index is 0.0210. The van der Waals surface area contributed by atoms with E-state index in [2.05, 4.69) is 32.3 Å². The van der Waals surface area contributed by atoms with Crippen molar-refractivity contribution in [3.8, 4) is 0 Å². The van der Waals surface area contributed by atoms with Crippen molar-refractivity contribution in [2.45, 2.75) is 168 Å². The monoisotopic (exact) mass is 533 g/mol. The summed E-state index contributed by atoms with van der Waals surface area (Å²) in [5.74, 6) is -0.00178. The Morgan fingerprint density at radius 3 is 1.47 bits per heavy atom. The molecule has 0 rings (SSSR count). The summed E-state index contributed by atoms with van der Waals surface area (Å²) >= 11 is 0. The van der Waals surface area contributed by atoms with Gasteiger partial charge in [-0.15, -0.1) is 13.2 Å². The van der Waals surface area contributed by atoms with Crippen molar-refractivity contribution < 1.29 is 14.3 Å². The number of nitrogens with one attached hydrogen (secondary N) is 1. The first-order valence-corrected chi connectivity index (χ1v) is 15.9. The Labute approximate surface area is 236 Å². The number of rotatable bonds is 25. The van der Waals surface area contributed by atoms with Gasteiger partial charge in [-0.2, -0.15) is 0 Å². The summed E-state index contributed by atoms with van der Waals surface area (Å²) in [5, 5.41) is 3.10. The second-order valence-corrected chi connectivity index (χ2v) is 12.6. The van der Waals surface area contributed by atoms with Gasteiger partial charge in [0, 0.05) is 5.92 Å². The number of ether oxygens (including phenoxy) is 1. The Morgan fingerprint density at radius 2 is 1.11 bits per heavy atom. The third-order valence-electron chi connectivity index (χ3n) is 7.01. The average molecular weight is 534 g/mol. The molecule has 1 N–H and O–H groups in total. The number of unbranched alkanes of at least 4 members (excludes halogenated alkanes) is 14.